The van der Waals surface area contributed by atoms with Gasteiger partial charge in [-0.05, 0) is 38.9 Å². The predicted molar refractivity (Wildman–Crippen MR) is 69.3 cm³/mol. The summed E-state index contributed by atoms with van der Waals surface area (Å²) in [6, 6.07) is 0.311. The number of carbonyl (C=O) groups excluding carboxylic acids is 1. The number of carboxylic acids is 1. The van der Waals surface area contributed by atoms with E-state index in [1.807, 2.05) is 18.9 Å². The summed E-state index contributed by atoms with van der Waals surface area (Å²) in [6.45, 7) is 3.86. The van der Waals surface area contributed by atoms with Crippen LogP contribution in [0.15, 0.2) is 0 Å². The Morgan fingerprint density at radius 1 is 1.33 bits per heavy atom. The lowest BCUT2D eigenvalue weighted by molar-refractivity contribution is -0.138. The quantitative estimate of drug-likeness (QED) is 0.798. The molecule has 0 aromatic heterocycles. The first-order chi connectivity index (χ1) is 8.40. The van der Waals surface area contributed by atoms with E-state index in [4.69, 9.17) is 5.11 Å². The Labute approximate surface area is 109 Å². The van der Waals surface area contributed by atoms with E-state index >= 15 is 0 Å². The minimum absolute atomic E-state index is 0.0625. The molecule has 1 fully saturated rings. The highest BCUT2D eigenvalue weighted by molar-refractivity contribution is 5.77. The summed E-state index contributed by atoms with van der Waals surface area (Å²) in [7, 11) is 3.93. The third-order valence-electron chi connectivity index (χ3n) is 3.68. The molecule has 1 heterocycles. The monoisotopic (exact) mass is 256 g/mol. The first kappa shape index (κ1) is 15.0. The zero-order valence-corrected chi connectivity index (χ0v) is 11.6. The largest absolute Gasteiger partial charge is 0.481 e. The molecule has 1 aliphatic rings. The van der Waals surface area contributed by atoms with Gasteiger partial charge < -0.3 is 14.9 Å². The topological polar surface area (TPSA) is 60.9 Å². The van der Waals surface area contributed by atoms with Gasteiger partial charge in [-0.2, -0.15) is 0 Å². The second-order valence-electron chi connectivity index (χ2n) is 5.45. The van der Waals surface area contributed by atoms with Gasteiger partial charge in [0, 0.05) is 25.9 Å². The van der Waals surface area contributed by atoms with E-state index in [1.165, 1.54) is 0 Å². The number of carboxylic acid groups (broad SMARTS) is 1. The van der Waals surface area contributed by atoms with E-state index in [9.17, 15) is 9.59 Å². The second-order valence-corrected chi connectivity index (χ2v) is 5.45. The summed E-state index contributed by atoms with van der Waals surface area (Å²) in [5.41, 5.74) is 0. The number of nitrogens with zero attached hydrogens (tertiary/aromatic N) is 2. The molecule has 1 unspecified atom stereocenters. The molecule has 5 heteroatoms. The Hall–Kier alpha value is -1.10. The Bertz CT molecular complexity index is 299. The van der Waals surface area contributed by atoms with E-state index in [1.54, 1.807) is 0 Å². The van der Waals surface area contributed by atoms with Crippen LogP contribution in [0.2, 0.25) is 0 Å². The molecule has 104 valence electrons. The van der Waals surface area contributed by atoms with Crippen molar-refractivity contribution in [3.63, 3.8) is 0 Å². The second kappa shape index (κ2) is 6.73. The van der Waals surface area contributed by atoms with Gasteiger partial charge in [0.15, 0.2) is 0 Å². The molecule has 0 aromatic carbocycles. The van der Waals surface area contributed by atoms with Crippen molar-refractivity contribution in [2.24, 2.45) is 5.92 Å². The van der Waals surface area contributed by atoms with Gasteiger partial charge in [-0.25, -0.2) is 0 Å². The van der Waals surface area contributed by atoms with Crippen molar-refractivity contribution in [1.29, 1.82) is 0 Å². The van der Waals surface area contributed by atoms with E-state index in [0.717, 1.165) is 25.9 Å². The van der Waals surface area contributed by atoms with E-state index in [-0.39, 0.29) is 18.2 Å². The molecule has 1 atom stereocenters. The van der Waals surface area contributed by atoms with Crippen molar-refractivity contribution >= 4 is 11.9 Å². The third kappa shape index (κ3) is 4.64. The normalized spacial score (nSPS) is 19.5. The van der Waals surface area contributed by atoms with Gasteiger partial charge in [0.1, 0.15) is 0 Å². The van der Waals surface area contributed by atoms with E-state index in [0.29, 0.717) is 12.5 Å². The van der Waals surface area contributed by atoms with Crippen LogP contribution < -0.4 is 0 Å². The van der Waals surface area contributed by atoms with Gasteiger partial charge in [-0.3, -0.25) is 9.59 Å². The highest BCUT2D eigenvalue weighted by Gasteiger charge is 2.25. The van der Waals surface area contributed by atoms with Crippen molar-refractivity contribution in [3.8, 4) is 0 Å². The molecule has 1 aliphatic heterocycles. The summed E-state index contributed by atoms with van der Waals surface area (Å²) in [5, 5.41) is 8.68. The van der Waals surface area contributed by atoms with Gasteiger partial charge in [0.2, 0.25) is 5.91 Å². The molecule has 0 bridgehead atoms. The van der Waals surface area contributed by atoms with Crippen LogP contribution in [0.3, 0.4) is 0 Å². The van der Waals surface area contributed by atoms with Gasteiger partial charge in [0.05, 0.1) is 0 Å². The van der Waals surface area contributed by atoms with Crippen LogP contribution in [0, 0.1) is 5.92 Å². The van der Waals surface area contributed by atoms with Crippen LogP contribution >= 0.6 is 0 Å². The summed E-state index contributed by atoms with van der Waals surface area (Å²) < 4.78 is 0. The molecule has 1 saturated heterocycles. The zero-order valence-electron chi connectivity index (χ0n) is 11.6. The SMILES string of the molecule is CC(CC(=O)O)CC(=O)N(C)C1CCN(C)CC1. The molecular formula is C13H24N2O3. The molecule has 5 nitrogen and oxygen atoms in total. The van der Waals surface area contributed by atoms with Gasteiger partial charge >= 0.3 is 5.97 Å². The van der Waals surface area contributed by atoms with E-state index in [2.05, 4.69) is 11.9 Å². The molecule has 0 aromatic rings. The average Bonchev–Trinajstić information content (AvgIpc) is 2.27. The van der Waals surface area contributed by atoms with Crippen molar-refractivity contribution in [2.75, 3.05) is 27.2 Å². The number of rotatable bonds is 5. The molecule has 0 saturated carbocycles. The smallest absolute Gasteiger partial charge is 0.303 e. The molecule has 1 rings (SSSR count). The average molecular weight is 256 g/mol. The fourth-order valence-corrected chi connectivity index (χ4v) is 2.40. The van der Waals surface area contributed by atoms with Gasteiger partial charge in [-0.1, -0.05) is 6.92 Å². The standard InChI is InChI=1S/C13H24N2O3/c1-10(9-13(17)18)8-12(16)15(3)11-4-6-14(2)7-5-11/h10-11H,4-9H2,1-3H3,(H,17,18). The lowest BCUT2D eigenvalue weighted by Gasteiger charge is -2.35. The van der Waals surface area contributed by atoms with Gasteiger partial charge in [0.25, 0.3) is 0 Å². The maximum atomic E-state index is 12.0. The summed E-state index contributed by atoms with van der Waals surface area (Å²) in [5.74, 6) is -0.862. The minimum atomic E-state index is -0.836. The van der Waals surface area contributed by atoms with Crippen LogP contribution in [0.4, 0.5) is 0 Å². The predicted octanol–water partition coefficient (Wildman–Crippen LogP) is 1.04. The summed E-state index contributed by atoms with van der Waals surface area (Å²) >= 11 is 0. The van der Waals surface area contributed by atoms with E-state index < -0.39 is 5.97 Å². The number of aliphatic carboxylic acids is 1. The van der Waals surface area contributed by atoms with Crippen molar-refractivity contribution in [3.05, 3.63) is 0 Å². The molecule has 0 aliphatic carbocycles. The van der Waals surface area contributed by atoms with Crippen LogP contribution in [-0.2, 0) is 9.59 Å². The van der Waals surface area contributed by atoms with Crippen LogP contribution in [0.25, 0.3) is 0 Å². The lowest BCUT2D eigenvalue weighted by atomic mass is 10.0. The summed E-state index contributed by atoms with van der Waals surface area (Å²) in [4.78, 5) is 26.7. The highest BCUT2D eigenvalue weighted by Crippen LogP contribution is 2.17. The Kier molecular flexibility index (Phi) is 5.59. The number of likely N-dealkylation sites (tertiary alicyclic amines) is 1. The molecule has 18 heavy (non-hydrogen) atoms. The lowest BCUT2D eigenvalue weighted by Crippen LogP contribution is -2.44. The number of piperidine rings is 1. The van der Waals surface area contributed by atoms with Crippen LogP contribution in [0.1, 0.15) is 32.6 Å². The van der Waals surface area contributed by atoms with Crippen LogP contribution in [0.5, 0.6) is 0 Å². The van der Waals surface area contributed by atoms with Crippen LogP contribution in [-0.4, -0.2) is 60.0 Å². The molecule has 0 spiro atoms. The fraction of sp³-hybridized carbons (Fsp3) is 0.846. The maximum absolute atomic E-state index is 12.0. The molecule has 0 radical (unpaired) electrons. The van der Waals surface area contributed by atoms with Crippen molar-refractivity contribution < 1.29 is 14.7 Å². The number of hydrogen-bond donors (Lipinski definition) is 1. The molecule has 1 N–H and O–H groups in total. The molecule has 1 amide bonds. The summed E-state index contributed by atoms with van der Waals surface area (Å²) in [6.07, 6.45) is 2.40. The van der Waals surface area contributed by atoms with Crippen molar-refractivity contribution in [2.45, 2.75) is 38.6 Å². The number of hydrogen-bond acceptors (Lipinski definition) is 3. The van der Waals surface area contributed by atoms with Crippen molar-refractivity contribution in [1.82, 2.24) is 9.80 Å². The Morgan fingerprint density at radius 2 is 1.89 bits per heavy atom. The third-order valence-corrected chi connectivity index (χ3v) is 3.68. The maximum Gasteiger partial charge on any atom is 0.303 e. The Morgan fingerprint density at radius 3 is 2.39 bits per heavy atom. The first-order valence-electron chi connectivity index (χ1n) is 6.56. The first-order valence-corrected chi connectivity index (χ1v) is 6.56. The molecular weight excluding hydrogens is 232 g/mol. The minimum Gasteiger partial charge on any atom is -0.481 e. The fourth-order valence-electron chi connectivity index (χ4n) is 2.40. The van der Waals surface area contributed by atoms with Gasteiger partial charge in [-0.15, -0.1) is 0 Å². The number of carbonyl (C=O) groups is 2. The highest BCUT2D eigenvalue weighted by atomic mass is 16.4. The Balaban J connectivity index is 2.38. The zero-order chi connectivity index (χ0) is 13.7. The number of amides is 1.